The van der Waals surface area contributed by atoms with Gasteiger partial charge < -0.3 is 4.90 Å². The molecule has 116 valence electrons. The second kappa shape index (κ2) is 7.25. The van der Waals surface area contributed by atoms with Gasteiger partial charge in [0.2, 0.25) is 0 Å². The number of rotatable bonds is 5. The van der Waals surface area contributed by atoms with Crippen LogP contribution >= 0.6 is 11.6 Å². The van der Waals surface area contributed by atoms with Crippen molar-refractivity contribution in [2.24, 2.45) is 0 Å². The van der Waals surface area contributed by atoms with Gasteiger partial charge in [-0.1, -0.05) is 48.0 Å². The summed E-state index contributed by atoms with van der Waals surface area (Å²) in [6, 6.07) is 20.1. The van der Waals surface area contributed by atoms with Gasteiger partial charge in [-0.15, -0.1) is 0 Å². The average molecular weight is 327 g/mol. The predicted molar refractivity (Wildman–Crippen MR) is 92.0 cm³/mol. The number of benzene rings is 2. The Kier molecular flexibility index (Phi) is 4.89. The van der Waals surface area contributed by atoms with Crippen molar-refractivity contribution in [2.75, 3.05) is 4.90 Å². The summed E-state index contributed by atoms with van der Waals surface area (Å²) in [6.07, 6.45) is 1.76. The van der Waals surface area contributed by atoms with E-state index in [4.69, 9.17) is 11.6 Å². The third-order valence-electron chi connectivity index (χ3n) is 3.58. The molecule has 2 nitrogen and oxygen atoms in total. The molecule has 0 N–H and O–H groups in total. The fourth-order valence-electron chi connectivity index (χ4n) is 2.40. The van der Waals surface area contributed by atoms with Gasteiger partial charge in [-0.25, -0.2) is 9.37 Å². The molecule has 0 aliphatic carbocycles. The number of aromatic nitrogens is 1. The molecule has 0 aliphatic rings. The van der Waals surface area contributed by atoms with Crippen molar-refractivity contribution in [1.29, 1.82) is 0 Å². The Balaban J connectivity index is 1.88. The van der Waals surface area contributed by atoms with Crippen LogP contribution < -0.4 is 4.90 Å². The number of pyridine rings is 1. The minimum Gasteiger partial charge on any atom is -0.348 e. The summed E-state index contributed by atoms with van der Waals surface area (Å²) in [4.78, 5) is 6.55. The van der Waals surface area contributed by atoms with Crippen LogP contribution in [0.25, 0.3) is 0 Å². The molecule has 4 heteroatoms. The zero-order valence-electron chi connectivity index (χ0n) is 12.5. The predicted octanol–water partition coefficient (Wildman–Crippen LogP) is 5.08. The van der Waals surface area contributed by atoms with E-state index in [9.17, 15) is 4.39 Å². The number of halogens is 2. The molecule has 3 rings (SSSR count). The first kappa shape index (κ1) is 15.5. The summed E-state index contributed by atoms with van der Waals surface area (Å²) >= 11 is 6.28. The van der Waals surface area contributed by atoms with Gasteiger partial charge in [0.25, 0.3) is 0 Å². The van der Waals surface area contributed by atoms with Crippen LogP contribution in [0.2, 0.25) is 5.02 Å². The standard InChI is InChI=1S/C19H16ClFN2/c20-18-6-2-1-5-16(18)14-23(19-7-3-4-12-22-19)13-15-8-10-17(21)11-9-15/h1-12H,13-14H2. The van der Waals surface area contributed by atoms with Gasteiger partial charge in [-0.05, 0) is 41.5 Å². The van der Waals surface area contributed by atoms with E-state index in [1.54, 1.807) is 18.3 Å². The molecule has 23 heavy (non-hydrogen) atoms. The van der Waals surface area contributed by atoms with E-state index in [1.165, 1.54) is 12.1 Å². The van der Waals surface area contributed by atoms with Crippen LogP contribution in [0.4, 0.5) is 10.2 Å². The smallest absolute Gasteiger partial charge is 0.129 e. The Labute approximate surface area is 140 Å². The normalized spacial score (nSPS) is 10.5. The molecule has 0 bridgehead atoms. The van der Waals surface area contributed by atoms with Crippen molar-refractivity contribution in [2.45, 2.75) is 13.1 Å². The highest BCUT2D eigenvalue weighted by molar-refractivity contribution is 6.31. The SMILES string of the molecule is Fc1ccc(CN(Cc2ccccc2Cl)c2ccccn2)cc1. The van der Waals surface area contributed by atoms with Crippen molar-refractivity contribution >= 4 is 17.4 Å². The van der Waals surface area contributed by atoms with Gasteiger partial charge in [0, 0.05) is 24.3 Å². The second-order valence-electron chi connectivity index (χ2n) is 5.26. The first-order valence-corrected chi connectivity index (χ1v) is 7.74. The highest BCUT2D eigenvalue weighted by atomic mass is 35.5. The molecule has 0 atom stereocenters. The van der Waals surface area contributed by atoms with Gasteiger partial charge >= 0.3 is 0 Å². The first-order chi connectivity index (χ1) is 11.2. The van der Waals surface area contributed by atoms with Crippen LogP contribution in [-0.4, -0.2) is 4.98 Å². The van der Waals surface area contributed by atoms with E-state index in [2.05, 4.69) is 9.88 Å². The molecule has 1 heterocycles. The van der Waals surface area contributed by atoms with Crippen LogP contribution in [0.3, 0.4) is 0 Å². The summed E-state index contributed by atoms with van der Waals surface area (Å²) in [5.74, 6) is 0.626. The van der Waals surface area contributed by atoms with Crippen molar-refractivity contribution in [3.8, 4) is 0 Å². The maximum atomic E-state index is 13.1. The summed E-state index contributed by atoms with van der Waals surface area (Å²) in [5.41, 5.74) is 2.05. The summed E-state index contributed by atoms with van der Waals surface area (Å²) in [5, 5.41) is 0.729. The van der Waals surface area contributed by atoms with E-state index >= 15 is 0 Å². The van der Waals surface area contributed by atoms with Gasteiger partial charge in [0.15, 0.2) is 0 Å². The lowest BCUT2D eigenvalue weighted by molar-refractivity contribution is 0.626. The molecule has 0 unspecified atom stereocenters. The van der Waals surface area contributed by atoms with Crippen LogP contribution in [0.1, 0.15) is 11.1 Å². The number of nitrogens with zero attached hydrogens (tertiary/aromatic N) is 2. The fraction of sp³-hybridized carbons (Fsp3) is 0.105. The molecule has 3 aromatic rings. The van der Waals surface area contributed by atoms with Gasteiger partial charge in [-0.3, -0.25) is 0 Å². The monoisotopic (exact) mass is 326 g/mol. The van der Waals surface area contributed by atoms with Crippen molar-refractivity contribution in [3.63, 3.8) is 0 Å². The van der Waals surface area contributed by atoms with Gasteiger partial charge in [-0.2, -0.15) is 0 Å². The number of hydrogen-bond acceptors (Lipinski definition) is 2. The van der Waals surface area contributed by atoms with Crippen LogP contribution in [0.5, 0.6) is 0 Å². The zero-order chi connectivity index (χ0) is 16.1. The van der Waals surface area contributed by atoms with Crippen molar-refractivity contribution in [3.05, 3.63) is 94.9 Å². The quantitative estimate of drug-likeness (QED) is 0.650. The molecule has 0 saturated heterocycles. The largest absolute Gasteiger partial charge is 0.348 e. The minimum absolute atomic E-state index is 0.232. The van der Waals surface area contributed by atoms with E-state index in [0.29, 0.717) is 13.1 Å². The minimum atomic E-state index is -0.232. The maximum absolute atomic E-state index is 13.1. The topological polar surface area (TPSA) is 16.1 Å². The highest BCUT2D eigenvalue weighted by Crippen LogP contribution is 2.22. The Bertz CT molecular complexity index is 760. The average Bonchev–Trinajstić information content (AvgIpc) is 2.59. The molecule has 1 aromatic heterocycles. The van der Waals surface area contributed by atoms with E-state index in [0.717, 1.165) is 22.0 Å². The lowest BCUT2D eigenvalue weighted by Crippen LogP contribution is -2.23. The van der Waals surface area contributed by atoms with Crippen molar-refractivity contribution < 1.29 is 4.39 Å². The lowest BCUT2D eigenvalue weighted by Gasteiger charge is -2.24. The molecule has 2 aromatic carbocycles. The zero-order valence-corrected chi connectivity index (χ0v) is 13.2. The molecule has 0 fully saturated rings. The molecule has 0 amide bonds. The molecule has 0 saturated carbocycles. The van der Waals surface area contributed by atoms with Gasteiger partial charge in [0.05, 0.1) is 0 Å². The molecular formula is C19H16ClFN2. The third kappa shape index (κ3) is 4.08. The second-order valence-corrected chi connectivity index (χ2v) is 5.67. The van der Waals surface area contributed by atoms with Crippen LogP contribution in [0, 0.1) is 5.82 Å². The Morgan fingerprint density at radius 1 is 0.870 bits per heavy atom. The Hall–Kier alpha value is -2.39. The molecule has 0 radical (unpaired) electrons. The molecular weight excluding hydrogens is 311 g/mol. The van der Waals surface area contributed by atoms with E-state index < -0.39 is 0 Å². The van der Waals surface area contributed by atoms with Gasteiger partial charge in [0.1, 0.15) is 11.6 Å². The number of hydrogen-bond donors (Lipinski definition) is 0. The molecule has 0 spiro atoms. The number of anilines is 1. The van der Waals surface area contributed by atoms with E-state index in [-0.39, 0.29) is 5.82 Å². The van der Waals surface area contributed by atoms with Crippen LogP contribution in [-0.2, 0) is 13.1 Å². The Morgan fingerprint density at radius 3 is 2.30 bits per heavy atom. The summed E-state index contributed by atoms with van der Waals surface area (Å²) < 4.78 is 13.1. The van der Waals surface area contributed by atoms with E-state index in [1.807, 2.05) is 42.5 Å². The maximum Gasteiger partial charge on any atom is 0.129 e. The fourth-order valence-corrected chi connectivity index (χ4v) is 2.60. The summed E-state index contributed by atoms with van der Waals surface area (Å²) in [6.45, 7) is 1.26. The van der Waals surface area contributed by atoms with Crippen LogP contribution in [0.15, 0.2) is 72.9 Å². The first-order valence-electron chi connectivity index (χ1n) is 7.36. The summed E-state index contributed by atoms with van der Waals surface area (Å²) in [7, 11) is 0. The lowest BCUT2D eigenvalue weighted by atomic mass is 10.1. The third-order valence-corrected chi connectivity index (χ3v) is 3.95. The van der Waals surface area contributed by atoms with Crippen molar-refractivity contribution in [1.82, 2.24) is 4.98 Å². The molecule has 0 aliphatic heterocycles. The highest BCUT2D eigenvalue weighted by Gasteiger charge is 2.11. The Morgan fingerprint density at radius 2 is 1.61 bits per heavy atom.